The summed E-state index contributed by atoms with van der Waals surface area (Å²) >= 11 is 4.90. The highest BCUT2D eigenvalue weighted by Crippen LogP contribution is 2.44. The van der Waals surface area contributed by atoms with Gasteiger partial charge in [-0.15, -0.1) is 24.8 Å². The Morgan fingerprint density at radius 2 is 1.14 bits per heavy atom. The second-order valence-corrected chi connectivity index (χ2v) is 15.9. The number of hydrogen-bond donors (Lipinski definition) is 2. The highest BCUT2D eigenvalue weighted by Gasteiger charge is 2.38. The van der Waals surface area contributed by atoms with E-state index in [0.29, 0.717) is 35.4 Å². The summed E-state index contributed by atoms with van der Waals surface area (Å²) in [5.74, 6) is 2.00. The van der Waals surface area contributed by atoms with E-state index in [9.17, 15) is 24.6 Å². The molecule has 2 aliphatic carbocycles. The Morgan fingerprint density at radius 1 is 0.702 bits per heavy atom. The summed E-state index contributed by atoms with van der Waals surface area (Å²) in [6, 6.07) is 8.55. The zero-order valence-electron chi connectivity index (χ0n) is 34.4. The van der Waals surface area contributed by atoms with Gasteiger partial charge in [0.1, 0.15) is 0 Å². The molecule has 2 heterocycles. The van der Waals surface area contributed by atoms with Gasteiger partial charge in [-0.2, -0.15) is 0 Å². The van der Waals surface area contributed by atoms with Gasteiger partial charge in [-0.3, -0.25) is 14.6 Å². The summed E-state index contributed by atoms with van der Waals surface area (Å²) in [6.07, 6.45) is 9.98. The maximum Gasteiger partial charge on any atom is 0.414 e. The van der Waals surface area contributed by atoms with Gasteiger partial charge in [0, 0.05) is 65.5 Å². The van der Waals surface area contributed by atoms with Crippen molar-refractivity contribution < 1.29 is 34.1 Å². The number of aromatic hydroxyl groups is 2. The number of rotatable bonds is 6. The number of likely N-dealkylation sites (tertiary alicyclic amines) is 2. The van der Waals surface area contributed by atoms with Crippen LogP contribution in [0.15, 0.2) is 24.3 Å². The van der Waals surface area contributed by atoms with E-state index in [0.717, 1.165) is 56.3 Å². The van der Waals surface area contributed by atoms with Crippen molar-refractivity contribution in [2.75, 3.05) is 68.5 Å². The number of piperidine rings is 2. The molecule has 4 aliphatic rings. The van der Waals surface area contributed by atoms with Crippen molar-refractivity contribution in [2.24, 2.45) is 11.8 Å². The van der Waals surface area contributed by atoms with Gasteiger partial charge in [-0.25, -0.2) is 9.59 Å². The lowest BCUT2D eigenvalue weighted by Gasteiger charge is -2.45. The Balaban J connectivity index is 0.000000501. The molecule has 2 aliphatic heterocycles. The Morgan fingerprint density at radius 3 is 1.60 bits per heavy atom. The van der Waals surface area contributed by atoms with Crippen molar-refractivity contribution >= 4 is 54.0 Å². The van der Waals surface area contributed by atoms with E-state index in [2.05, 4.69) is 23.6 Å². The molecule has 2 aromatic carbocycles. The second-order valence-electron chi connectivity index (χ2n) is 15.6. The molecule has 6 rings (SSSR count). The van der Waals surface area contributed by atoms with Gasteiger partial charge >= 0.3 is 17.6 Å². The Labute approximate surface area is 358 Å². The molecule has 0 aromatic heterocycles. The number of phenolic OH excluding ortho intramolecular Hbond substituents is 2. The third-order valence-electron chi connectivity index (χ3n) is 11.0. The molecule has 2 fully saturated rings. The molecule has 15 heteroatoms. The predicted molar refractivity (Wildman–Crippen MR) is 233 cm³/mol. The number of carbonyl (C=O) groups excluding carboxylic acids is 3. The van der Waals surface area contributed by atoms with Crippen LogP contribution in [0.25, 0.3) is 0 Å². The zero-order chi connectivity index (χ0) is 39.7. The number of fused-ring (bicyclic) bond motifs is 4. The fraction of sp³-hybridized carbons (Fsp3) is 0.643. The van der Waals surface area contributed by atoms with Gasteiger partial charge in [-0.05, 0) is 137 Å². The molecule has 2 saturated heterocycles. The molecule has 4 atom stereocenters. The fourth-order valence-electron chi connectivity index (χ4n) is 8.30. The van der Waals surface area contributed by atoms with Crippen molar-refractivity contribution in [2.45, 2.75) is 97.6 Å². The van der Waals surface area contributed by atoms with E-state index in [1.807, 2.05) is 12.1 Å². The summed E-state index contributed by atoms with van der Waals surface area (Å²) in [6.45, 7) is 9.15. The minimum Gasteiger partial charge on any atom is -0.504 e. The zero-order valence-corrected chi connectivity index (χ0v) is 36.8. The van der Waals surface area contributed by atoms with Crippen molar-refractivity contribution in [3.63, 3.8) is 0 Å². The van der Waals surface area contributed by atoms with Crippen LogP contribution in [-0.4, -0.2) is 133 Å². The number of halogens is 3. The van der Waals surface area contributed by atoms with Crippen LogP contribution in [0.2, 0.25) is 0 Å². The average molecular weight is 861 g/mol. The largest absolute Gasteiger partial charge is 0.504 e. The molecule has 2 N–H and O–H groups in total. The van der Waals surface area contributed by atoms with Gasteiger partial charge in [0.15, 0.2) is 23.0 Å². The van der Waals surface area contributed by atoms with Crippen molar-refractivity contribution in [3.05, 3.63) is 46.5 Å². The van der Waals surface area contributed by atoms with E-state index in [-0.39, 0.29) is 43.7 Å². The third-order valence-corrected chi connectivity index (χ3v) is 11.4. The highest BCUT2D eigenvalue weighted by molar-refractivity contribution is 6.62. The fourth-order valence-corrected chi connectivity index (χ4v) is 8.30. The maximum atomic E-state index is 12.3. The molecule has 3 amide bonds. The number of benzene rings is 2. The molecule has 12 nitrogen and oxygen atoms in total. The summed E-state index contributed by atoms with van der Waals surface area (Å²) in [4.78, 5) is 43.6. The lowest BCUT2D eigenvalue weighted by Crippen LogP contribution is -2.49. The molecule has 0 spiro atoms. The van der Waals surface area contributed by atoms with Crippen LogP contribution in [0.1, 0.15) is 82.1 Å². The smallest absolute Gasteiger partial charge is 0.414 e. The molecule has 324 valence electrons. The summed E-state index contributed by atoms with van der Waals surface area (Å²) in [7, 11) is 9.72. The molecule has 0 bridgehead atoms. The van der Waals surface area contributed by atoms with Gasteiger partial charge in [0.25, 0.3) is 0 Å². The maximum absolute atomic E-state index is 12.3. The Hall–Kier alpha value is -3.16. The van der Waals surface area contributed by atoms with Crippen LogP contribution < -0.4 is 9.47 Å². The first-order chi connectivity index (χ1) is 25.7. The number of hydrogen-bond acceptors (Lipinski definition) is 9. The molecule has 2 aromatic rings. The monoisotopic (exact) mass is 859 g/mol. The minimum absolute atomic E-state index is 0. The number of nitrogens with zero attached hydrogens (tertiary/aromatic N) is 5. The summed E-state index contributed by atoms with van der Waals surface area (Å²) in [5.41, 5.74) is 4.39. The Kier molecular flexibility index (Phi) is 21.9. The number of carbonyl (C=O) groups is 3. The van der Waals surface area contributed by atoms with Crippen molar-refractivity contribution in [1.29, 1.82) is 0 Å². The van der Waals surface area contributed by atoms with Gasteiger partial charge in [-0.1, -0.05) is 33.4 Å². The SMILES string of the molecule is C.CCCN1CCC[C@@H]2Cc3c(ccc(O)c3O)C[C@H]21.CCCN1CCC[C@@H]2Cc3c(ccc(OC(=O)N(C)C)c3OC(=O)N(C)C)C[C@H]21.CN(C)C(=O)Cl.Cl.Cl. The van der Waals surface area contributed by atoms with Gasteiger partial charge in [0.2, 0.25) is 0 Å². The van der Waals surface area contributed by atoms with Gasteiger partial charge < -0.3 is 34.4 Å². The van der Waals surface area contributed by atoms with E-state index in [1.165, 1.54) is 71.0 Å². The molecule has 57 heavy (non-hydrogen) atoms. The molecule has 0 unspecified atom stereocenters. The average Bonchev–Trinajstić information content (AvgIpc) is 3.14. The van der Waals surface area contributed by atoms with Crippen molar-refractivity contribution in [1.82, 2.24) is 24.5 Å². The second kappa shape index (κ2) is 24.1. The molecular formula is C42H68Cl3N5O7. The number of ether oxygens (including phenoxy) is 2. The normalized spacial score (nSPS) is 20.4. The van der Waals surface area contributed by atoms with Gasteiger partial charge in [0.05, 0.1) is 0 Å². The molecular weight excluding hydrogens is 793 g/mol. The Bertz CT molecular complexity index is 1610. The quantitative estimate of drug-likeness (QED) is 0.167. The van der Waals surface area contributed by atoms with E-state index < -0.39 is 17.6 Å². The van der Waals surface area contributed by atoms with E-state index >= 15 is 0 Å². The van der Waals surface area contributed by atoms with Crippen LogP contribution >= 0.6 is 36.4 Å². The first kappa shape index (κ1) is 51.9. The van der Waals surface area contributed by atoms with Crippen LogP contribution in [0.5, 0.6) is 23.0 Å². The summed E-state index contributed by atoms with van der Waals surface area (Å²) < 4.78 is 11.2. The lowest BCUT2D eigenvalue weighted by molar-refractivity contribution is 0.0846. The van der Waals surface area contributed by atoms with Crippen LogP contribution in [-0.2, 0) is 25.7 Å². The highest BCUT2D eigenvalue weighted by atomic mass is 35.5. The standard InChI is InChI=1S/C22H33N3O4.C16H23NO2.C3H6ClNO.CH4.2ClH/c1-6-11-25-12-7-8-16-13-17-15(14-18(16)25)9-10-19(28-21(26)23(2)3)20(17)29-22(27)24(4)5;1-2-7-17-8-3-4-12-9-13-11(10-14(12)17)5-6-15(18)16(13)19;1-5(2)3(4)6;;;/h9-10,16,18H,6-8,11-14H2,1-5H3;5-6,12,14,18-19H,2-4,7-10H2,1H3;1-2H3;1H4;2*1H/t16-,18-;12-,14-;;;;/m11..../s1. The topological polar surface area (TPSA) is 126 Å². The third kappa shape index (κ3) is 13.4. The minimum atomic E-state index is -0.493. The first-order valence-electron chi connectivity index (χ1n) is 19.5. The van der Waals surface area contributed by atoms with Crippen LogP contribution in [0, 0.1) is 11.8 Å². The van der Waals surface area contributed by atoms with Crippen LogP contribution in [0.3, 0.4) is 0 Å². The first-order valence-corrected chi connectivity index (χ1v) is 19.8. The number of phenols is 2. The molecule has 0 radical (unpaired) electrons. The van der Waals surface area contributed by atoms with E-state index in [1.54, 1.807) is 54.4 Å². The number of amides is 3. The predicted octanol–water partition coefficient (Wildman–Crippen LogP) is 8.47. The van der Waals surface area contributed by atoms with Crippen molar-refractivity contribution in [3.8, 4) is 23.0 Å². The molecule has 0 saturated carbocycles. The summed E-state index contributed by atoms with van der Waals surface area (Å²) in [5, 5.41) is 19.3. The van der Waals surface area contributed by atoms with E-state index in [4.69, 9.17) is 21.1 Å². The van der Waals surface area contributed by atoms with Crippen LogP contribution in [0.4, 0.5) is 14.4 Å². The lowest BCUT2D eigenvalue weighted by atomic mass is 9.75.